The highest BCUT2D eigenvalue weighted by Crippen LogP contribution is 2.13. The Kier molecular flexibility index (Phi) is 13.6. The molecule has 1 aromatic carbocycles. The van der Waals surface area contributed by atoms with E-state index in [0.29, 0.717) is 12.5 Å². The third-order valence-corrected chi connectivity index (χ3v) is 4.10. The van der Waals surface area contributed by atoms with Crippen molar-refractivity contribution >= 4 is 29.9 Å². The van der Waals surface area contributed by atoms with Gasteiger partial charge in [-0.25, -0.2) is 0 Å². The number of rotatable bonds is 10. The van der Waals surface area contributed by atoms with E-state index in [1.165, 1.54) is 18.4 Å². The Morgan fingerprint density at radius 3 is 2.52 bits per heavy atom. The number of likely N-dealkylation sites (N-methyl/N-ethyl adjacent to an activating group) is 1. The van der Waals surface area contributed by atoms with Gasteiger partial charge in [-0.1, -0.05) is 38.8 Å². The Labute approximate surface area is 170 Å². The lowest BCUT2D eigenvalue weighted by atomic mass is 10.0. The zero-order valence-corrected chi connectivity index (χ0v) is 18.7. The molecule has 0 heterocycles. The third kappa shape index (κ3) is 10.5. The van der Waals surface area contributed by atoms with Gasteiger partial charge in [-0.05, 0) is 37.7 Å². The van der Waals surface area contributed by atoms with Gasteiger partial charge in [0.05, 0.1) is 0 Å². The van der Waals surface area contributed by atoms with Crippen molar-refractivity contribution in [3.8, 4) is 5.75 Å². The highest BCUT2D eigenvalue weighted by molar-refractivity contribution is 14.0. The van der Waals surface area contributed by atoms with E-state index in [1.54, 1.807) is 0 Å². The first-order valence-electron chi connectivity index (χ1n) is 8.90. The van der Waals surface area contributed by atoms with Crippen molar-refractivity contribution in [1.82, 2.24) is 15.5 Å². The van der Waals surface area contributed by atoms with E-state index in [4.69, 9.17) is 4.74 Å². The molecule has 0 saturated heterocycles. The van der Waals surface area contributed by atoms with E-state index >= 15 is 0 Å². The molecule has 0 saturated carbocycles. The van der Waals surface area contributed by atoms with E-state index < -0.39 is 0 Å². The van der Waals surface area contributed by atoms with Gasteiger partial charge in [-0.15, -0.1) is 24.0 Å². The molecular weight excluding hydrogens is 427 g/mol. The molecule has 1 aromatic rings. The van der Waals surface area contributed by atoms with Crippen LogP contribution in [0.3, 0.4) is 0 Å². The van der Waals surface area contributed by atoms with Gasteiger partial charge in [0, 0.05) is 26.7 Å². The van der Waals surface area contributed by atoms with Crippen molar-refractivity contribution < 1.29 is 4.74 Å². The minimum atomic E-state index is 0. The van der Waals surface area contributed by atoms with E-state index in [0.717, 1.165) is 31.3 Å². The second kappa shape index (κ2) is 14.2. The molecule has 0 fully saturated rings. The number of ether oxygens (including phenoxy) is 1. The molecule has 0 bridgehead atoms. The van der Waals surface area contributed by atoms with Crippen LogP contribution in [0.2, 0.25) is 0 Å². The summed E-state index contributed by atoms with van der Waals surface area (Å²) in [6, 6.07) is 8.21. The van der Waals surface area contributed by atoms with Crippen LogP contribution in [0.15, 0.2) is 29.3 Å². The third-order valence-electron chi connectivity index (χ3n) is 4.10. The summed E-state index contributed by atoms with van der Waals surface area (Å²) in [5.41, 5.74) is 1.18. The zero-order chi connectivity index (χ0) is 17.8. The van der Waals surface area contributed by atoms with E-state index in [-0.39, 0.29) is 24.0 Å². The second-order valence-electron chi connectivity index (χ2n) is 6.29. The van der Waals surface area contributed by atoms with Crippen LogP contribution in [-0.4, -0.2) is 51.7 Å². The van der Waals surface area contributed by atoms with Crippen LogP contribution in [0.25, 0.3) is 0 Å². The molecule has 0 aliphatic heterocycles. The molecule has 0 aromatic heterocycles. The maximum absolute atomic E-state index is 5.78. The Balaban J connectivity index is 0.00000576. The lowest BCUT2D eigenvalue weighted by Gasteiger charge is -2.17. The number of halogens is 1. The van der Waals surface area contributed by atoms with Crippen LogP contribution in [0.1, 0.15) is 32.3 Å². The van der Waals surface area contributed by atoms with E-state index in [1.807, 2.05) is 33.3 Å². The van der Waals surface area contributed by atoms with Crippen molar-refractivity contribution in [2.45, 2.75) is 33.2 Å². The molecule has 0 unspecified atom stereocenters. The number of nitrogens with zero attached hydrogens (tertiary/aromatic N) is 2. The lowest BCUT2D eigenvalue weighted by molar-refractivity contribution is 0.261. The quantitative estimate of drug-likeness (QED) is 0.318. The topological polar surface area (TPSA) is 48.9 Å². The summed E-state index contributed by atoms with van der Waals surface area (Å²) in [5.74, 6) is 2.45. The van der Waals surface area contributed by atoms with E-state index in [9.17, 15) is 0 Å². The first-order chi connectivity index (χ1) is 11.6. The van der Waals surface area contributed by atoms with Gasteiger partial charge in [0.25, 0.3) is 0 Å². The Bertz CT molecular complexity index is 490. The Morgan fingerprint density at radius 1 is 1.20 bits per heavy atom. The lowest BCUT2D eigenvalue weighted by Crippen LogP contribution is -2.39. The predicted octanol–water partition coefficient (Wildman–Crippen LogP) is 3.35. The van der Waals surface area contributed by atoms with E-state index in [2.05, 4.69) is 46.5 Å². The van der Waals surface area contributed by atoms with Crippen molar-refractivity contribution in [3.63, 3.8) is 0 Å². The molecule has 0 spiro atoms. The minimum absolute atomic E-state index is 0. The van der Waals surface area contributed by atoms with Crippen LogP contribution >= 0.6 is 24.0 Å². The molecule has 0 amide bonds. The first kappa shape index (κ1) is 24.0. The Hall–Kier alpha value is -1.02. The van der Waals surface area contributed by atoms with Gasteiger partial charge in [0.2, 0.25) is 0 Å². The number of benzene rings is 1. The van der Waals surface area contributed by atoms with Gasteiger partial charge in [0.1, 0.15) is 12.4 Å². The fraction of sp³-hybridized carbons (Fsp3) is 0.632. The zero-order valence-electron chi connectivity index (χ0n) is 16.3. The molecule has 0 atom stereocenters. The highest BCUT2D eigenvalue weighted by Gasteiger charge is 2.05. The molecule has 1 rings (SSSR count). The molecule has 144 valence electrons. The average molecular weight is 462 g/mol. The smallest absolute Gasteiger partial charge is 0.191 e. The van der Waals surface area contributed by atoms with Crippen LogP contribution in [-0.2, 0) is 6.54 Å². The van der Waals surface area contributed by atoms with Crippen LogP contribution < -0.4 is 15.4 Å². The molecule has 6 heteroatoms. The monoisotopic (exact) mass is 462 g/mol. The molecule has 25 heavy (non-hydrogen) atoms. The maximum atomic E-state index is 5.78. The summed E-state index contributed by atoms with van der Waals surface area (Å²) >= 11 is 0. The SMILES string of the molecule is CCC(CC)CNC(=NC)NCc1cccc(OCCN(C)C)c1.I. The van der Waals surface area contributed by atoms with Crippen molar-refractivity contribution in [2.24, 2.45) is 10.9 Å². The number of guanidine groups is 1. The summed E-state index contributed by atoms with van der Waals surface area (Å²) in [4.78, 5) is 6.40. The Morgan fingerprint density at radius 2 is 1.92 bits per heavy atom. The van der Waals surface area contributed by atoms with Crippen LogP contribution in [0.4, 0.5) is 0 Å². The molecular formula is C19H35IN4O. The number of nitrogens with one attached hydrogen (secondary N) is 2. The fourth-order valence-electron chi connectivity index (χ4n) is 2.32. The summed E-state index contributed by atoms with van der Waals surface area (Å²) in [6.45, 7) is 7.76. The summed E-state index contributed by atoms with van der Waals surface area (Å²) in [7, 11) is 5.90. The average Bonchev–Trinajstić information content (AvgIpc) is 2.58. The number of hydrogen-bond acceptors (Lipinski definition) is 3. The highest BCUT2D eigenvalue weighted by atomic mass is 127. The number of aliphatic imine (C=N–C) groups is 1. The van der Waals surface area contributed by atoms with Crippen LogP contribution in [0, 0.1) is 5.92 Å². The molecule has 0 aliphatic carbocycles. The standard InChI is InChI=1S/C19H34N4O.HI/c1-6-16(7-2)14-21-19(20-3)22-15-17-9-8-10-18(13-17)24-12-11-23(4)5;/h8-10,13,16H,6-7,11-12,14-15H2,1-5H3,(H2,20,21,22);1H. The van der Waals surface area contributed by atoms with Crippen molar-refractivity contribution in [3.05, 3.63) is 29.8 Å². The van der Waals surface area contributed by atoms with Crippen molar-refractivity contribution in [1.29, 1.82) is 0 Å². The largest absolute Gasteiger partial charge is 0.492 e. The van der Waals surface area contributed by atoms with Gasteiger partial charge >= 0.3 is 0 Å². The summed E-state index contributed by atoms with van der Waals surface area (Å²) in [6.07, 6.45) is 2.37. The molecule has 0 radical (unpaired) electrons. The summed E-state index contributed by atoms with van der Waals surface area (Å²) in [5, 5.41) is 6.77. The van der Waals surface area contributed by atoms with Gasteiger partial charge < -0.3 is 20.3 Å². The normalized spacial score (nSPS) is 11.4. The first-order valence-corrected chi connectivity index (χ1v) is 8.90. The molecule has 0 aliphatic rings. The predicted molar refractivity (Wildman–Crippen MR) is 118 cm³/mol. The maximum Gasteiger partial charge on any atom is 0.191 e. The molecule has 5 nitrogen and oxygen atoms in total. The minimum Gasteiger partial charge on any atom is -0.492 e. The summed E-state index contributed by atoms with van der Waals surface area (Å²) < 4.78 is 5.78. The van der Waals surface area contributed by atoms with Gasteiger partial charge in [0.15, 0.2) is 5.96 Å². The van der Waals surface area contributed by atoms with Crippen LogP contribution in [0.5, 0.6) is 5.75 Å². The second-order valence-corrected chi connectivity index (χ2v) is 6.29. The number of hydrogen-bond donors (Lipinski definition) is 2. The van der Waals surface area contributed by atoms with Gasteiger partial charge in [-0.3, -0.25) is 4.99 Å². The molecule has 2 N–H and O–H groups in total. The fourth-order valence-corrected chi connectivity index (χ4v) is 2.32. The van der Waals surface area contributed by atoms with Crippen molar-refractivity contribution in [2.75, 3.05) is 40.8 Å². The van der Waals surface area contributed by atoms with Gasteiger partial charge in [-0.2, -0.15) is 0 Å².